The summed E-state index contributed by atoms with van der Waals surface area (Å²) in [6, 6.07) is 12.4. The van der Waals surface area contributed by atoms with Gasteiger partial charge in [0.15, 0.2) is 0 Å². The second-order valence-electron chi connectivity index (χ2n) is 7.89. The highest BCUT2D eigenvalue weighted by Crippen LogP contribution is 2.30. The summed E-state index contributed by atoms with van der Waals surface area (Å²) < 4.78 is 57.3. The second-order valence-corrected chi connectivity index (χ2v) is 11.7. The number of hydrogen-bond donors (Lipinski definition) is 3. The Balaban J connectivity index is 1.53. The highest BCUT2D eigenvalue weighted by Gasteiger charge is 2.52. The number of carbonyl (C=O) groups excluding carboxylic acids is 1. The molecule has 2 aromatic carbocycles. The molecule has 12 nitrogen and oxygen atoms in total. The number of piperazine rings is 1. The molecule has 4 rings (SSSR count). The van der Waals surface area contributed by atoms with Crippen molar-refractivity contribution in [1.29, 1.82) is 0 Å². The van der Waals surface area contributed by atoms with E-state index in [1.54, 1.807) is 24.5 Å². The average Bonchev–Trinajstić information content (AvgIpc) is 3.34. The Morgan fingerprint density at radius 2 is 1.66 bits per heavy atom. The molecule has 1 aromatic heterocycles. The zero-order valence-corrected chi connectivity index (χ0v) is 20.2. The fourth-order valence-electron chi connectivity index (χ4n) is 3.64. The number of H-pyrrole nitrogens is 1. The molecule has 0 saturated carbocycles. The Morgan fingerprint density at radius 3 is 2.17 bits per heavy atom. The van der Waals surface area contributed by atoms with E-state index >= 15 is 0 Å². The lowest BCUT2D eigenvalue weighted by Crippen LogP contribution is -2.69. The smallest absolute Gasteiger partial charge is 0.267 e. The molecule has 1 unspecified atom stereocenters. The molecule has 0 radical (unpaired) electrons. The number of nitrogens with one attached hydrogen (secondary N) is 1. The molecule has 0 bridgehead atoms. The number of nitrogens with two attached hydrogens (primary N) is 1. The SMILES string of the molecule is CS(=O)(=O)N1CCN(S(=O)(=O)c2ccc(Oc3ccc(-c4ncc[nH]4)cc3)cc2)C(O)(C(N)=O)C1. The lowest BCUT2D eigenvalue weighted by Gasteiger charge is -2.43. The van der Waals surface area contributed by atoms with Gasteiger partial charge in [-0.3, -0.25) is 4.79 Å². The van der Waals surface area contributed by atoms with E-state index in [1.165, 1.54) is 24.3 Å². The van der Waals surface area contributed by atoms with Crippen LogP contribution >= 0.6 is 0 Å². The third-order valence-electron chi connectivity index (χ3n) is 5.50. The number of imidazole rings is 1. The van der Waals surface area contributed by atoms with Crippen LogP contribution in [-0.4, -0.2) is 78.0 Å². The summed E-state index contributed by atoms with van der Waals surface area (Å²) in [5.41, 5.74) is 3.40. The van der Waals surface area contributed by atoms with Gasteiger partial charge >= 0.3 is 0 Å². The summed E-state index contributed by atoms with van der Waals surface area (Å²) in [6.45, 7) is -1.52. The highest BCUT2D eigenvalue weighted by atomic mass is 32.2. The molecule has 1 fully saturated rings. The summed E-state index contributed by atoms with van der Waals surface area (Å²) >= 11 is 0. The van der Waals surface area contributed by atoms with Crippen LogP contribution in [0.1, 0.15) is 0 Å². The molecule has 35 heavy (non-hydrogen) atoms. The fraction of sp³-hybridized carbons (Fsp3) is 0.238. The molecule has 4 N–H and O–H groups in total. The van der Waals surface area contributed by atoms with E-state index in [0.717, 1.165) is 16.1 Å². The number of hydrogen-bond acceptors (Lipinski definition) is 8. The van der Waals surface area contributed by atoms with E-state index in [0.29, 0.717) is 21.6 Å². The first-order chi connectivity index (χ1) is 16.4. The standard InChI is InChI=1S/C21H23N5O7S2/c1-34(29,30)25-12-13-26(21(28,14-25)20(22)27)35(31,32)18-8-6-17(7-9-18)33-16-4-2-15(3-5-16)19-23-10-11-24-19/h2-11,28H,12-14H2,1H3,(H2,22,27)(H,23,24). The maximum Gasteiger partial charge on any atom is 0.267 e. The van der Waals surface area contributed by atoms with Crippen molar-refractivity contribution in [3.63, 3.8) is 0 Å². The number of benzene rings is 2. The van der Waals surface area contributed by atoms with E-state index in [1.807, 2.05) is 12.1 Å². The van der Waals surface area contributed by atoms with Gasteiger partial charge in [-0.05, 0) is 48.5 Å². The Labute approximate surface area is 202 Å². The molecule has 186 valence electrons. The predicted molar refractivity (Wildman–Crippen MR) is 125 cm³/mol. The van der Waals surface area contributed by atoms with Crippen molar-refractivity contribution in [2.24, 2.45) is 5.73 Å². The van der Waals surface area contributed by atoms with E-state index in [4.69, 9.17) is 10.5 Å². The Kier molecular flexibility index (Phi) is 6.42. The minimum atomic E-state index is -4.41. The molecule has 14 heteroatoms. The maximum absolute atomic E-state index is 13.2. The molecule has 0 aliphatic carbocycles. The predicted octanol–water partition coefficient (Wildman–Crippen LogP) is 0.309. The molecule has 1 aliphatic rings. The lowest BCUT2D eigenvalue weighted by atomic mass is 10.1. The first-order valence-corrected chi connectivity index (χ1v) is 13.6. The van der Waals surface area contributed by atoms with Crippen LogP contribution in [0.4, 0.5) is 0 Å². The Morgan fingerprint density at radius 1 is 1.06 bits per heavy atom. The zero-order valence-electron chi connectivity index (χ0n) is 18.5. The van der Waals surface area contributed by atoms with Gasteiger partial charge in [0.2, 0.25) is 25.8 Å². The van der Waals surface area contributed by atoms with Crippen molar-refractivity contribution in [3.05, 3.63) is 60.9 Å². The number of nitrogens with zero attached hydrogens (tertiary/aromatic N) is 3. The normalized spacial score (nSPS) is 19.9. The van der Waals surface area contributed by atoms with Gasteiger partial charge in [0.25, 0.3) is 5.91 Å². The second kappa shape index (κ2) is 9.05. The number of ether oxygens (including phenoxy) is 1. The van der Waals surface area contributed by atoms with Crippen molar-refractivity contribution in [2.75, 3.05) is 25.9 Å². The van der Waals surface area contributed by atoms with Gasteiger partial charge in [-0.1, -0.05) is 0 Å². The summed E-state index contributed by atoms with van der Waals surface area (Å²) in [6.07, 6.45) is 4.25. The summed E-state index contributed by atoms with van der Waals surface area (Å²) in [5.74, 6) is 0.185. The van der Waals surface area contributed by atoms with Crippen molar-refractivity contribution in [3.8, 4) is 22.9 Å². The zero-order chi connectivity index (χ0) is 25.4. The van der Waals surface area contributed by atoms with Crippen molar-refractivity contribution < 1.29 is 31.5 Å². The molecule has 2 heterocycles. The van der Waals surface area contributed by atoms with Gasteiger partial charge < -0.3 is 20.6 Å². The molecular weight excluding hydrogens is 498 g/mol. The number of aliphatic hydroxyl groups is 1. The highest BCUT2D eigenvalue weighted by molar-refractivity contribution is 7.89. The van der Waals surface area contributed by atoms with Crippen LogP contribution in [0.2, 0.25) is 0 Å². The van der Waals surface area contributed by atoms with Gasteiger partial charge in [0, 0.05) is 31.0 Å². The number of sulfonamides is 2. The number of rotatable bonds is 7. The van der Waals surface area contributed by atoms with Crippen LogP contribution in [0.3, 0.4) is 0 Å². The largest absolute Gasteiger partial charge is 0.457 e. The number of carbonyl (C=O) groups is 1. The van der Waals surface area contributed by atoms with Crippen LogP contribution in [0.5, 0.6) is 11.5 Å². The number of primary amides is 1. The summed E-state index contributed by atoms with van der Waals surface area (Å²) in [4.78, 5) is 19.0. The quantitative estimate of drug-likeness (QED) is 0.398. The molecule has 0 spiro atoms. The Hall–Kier alpha value is -3.30. The lowest BCUT2D eigenvalue weighted by molar-refractivity contribution is -0.155. The minimum absolute atomic E-state index is 0.231. The summed E-state index contributed by atoms with van der Waals surface area (Å²) in [7, 11) is -8.20. The number of aromatic amines is 1. The number of amides is 1. The maximum atomic E-state index is 13.2. The van der Waals surface area contributed by atoms with E-state index in [2.05, 4.69) is 9.97 Å². The van der Waals surface area contributed by atoms with Crippen LogP contribution in [0, 0.1) is 0 Å². The minimum Gasteiger partial charge on any atom is -0.457 e. The average molecular weight is 522 g/mol. The van der Waals surface area contributed by atoms with Gasteiger partial charge in [0.05, 0.1) is 17.7 Å². The molecule has 3 aromatic rings. The summed E-state index contributed by atoms with van der Waals surface area (Å²) in [5, 5.41) is 10.8. The number of β-amino-alcohol motifs (C(OH)–C–C–N with tert-alkyl or cyclic N) is 1. The van der Waals surface area contributed by atoms with Crippen LogP contribution in [0.15, 0.2) is 65.8 Å². The van der Waals surface area contributed by atoms with Crippen molar-refractivity contribution >= 4 is 26.0 Å². The first-order valence-electron chi connectivity index (χ1n) is 10.3. The third-order valence-corrected chi connectivity index (χ3v) is 8.68. The molecule has 1 amide bonds. The van der Waals surface area contributed by atoms with Crippen LogP contribution < -0.4 is 10.5 Å². The van der Waals surface area contributed by atoms with Gasteiger partial charge in [-0.15, -0.1) is 0 Å². The molecular formula is C21H23N5O7S2. The van der Waals surface area contributed by atoms with Gasteiger partial charge in [-0.25, -0.2) is 21.8 Å². The van der Waals surface area contributed by atoms with E-state index < -0.39 is 44.8 Å². The van der Waals surface area contributed by atoms with E-state index in [-0.39, 0.29) is 11.4 Å². The van der Waals surface area contributed by atoms with Crippen molar-refractivity contribution in [2.45, 2.75) is 10.6 Å². The third kappa shape index (κ3) is 4.92. The Bertz CT molecular complexity index is 1420. The molecule has 1 atom stereocenters. The van der Waals surface area contributed by atoms with Crippen molar-refractivity contribution in [1.82, 2.24) is 18.6 Å². The molecule has 1 aliphatic heterocycles. The topological polar surface area (TPSA) is 176 Å². The van der Waals surface area contributed by atoms with Crippen LogP contribution in [0.25, 0.3) is 11.4 Å². The first kappa shape index (κ1) is 24.8. The van der Waals surface area contributed by atoms with Gasteiger partial charge in [0.1, 0.15) is 17.3 Å². The molecule has 1 saturated heterocycles. The van der Waals surface area contributed by atoms with E-state index in [9.17, 15) is 26.7 Å². The van der Waals surface area contributed by atoms with Gasteiger partial charge in [-0.2, -0.15) is 8.61 Å². The monoisotopic (exact) mass is 521 g/mol. The van der Waals surface area contributed by atoms with Crippen LogP contribution in [-0.2, 0) is 24.8 Å². The number of aromatic nitrogens is 2. The fourth-order valence-corrected chi connectivity index (χ4v) is 6.07.